The van der Waals surface area contributed by atoms with Gasteiger partial charge in [0, 0.05) is 5.69 Å². The smallest absolute Gasteiger partial charge is 0.141 e. The van der Waals surface area contributed by atoms with Crippen molar-refractivity contribution in [1.29, 1.82) is 0 Å². The van der Waals surface area contributed by atoms with Gasteiger partial charge in [-0.05, 0) is 6.07 Å². The molecule has 0 radical (unpaired) electrons. The maximum absolute atomic E-state index is 5.62. The number of nitrogens with two attached hydrogens (primary N) is 1. The van der Waals surface area contributed by atoms with E-state index < -0.39 is 0 Å². The maximum Gasteiger partial charge on any atom is 0.141 e. The van der Waals surface area contributed by atoms with Crippen LogP contribution in [0.5, 0.6) is 0 Å². The van der Waals surface area contributed by atoms with Gasteiger partial charge in [-0.3, -0.25) is 0 Å². The number of hydrogen-bond donors (Lipinski definition) is 1. The second kappa shape index (κ2) is 2.18. The van der Waals surface area contributed by atoms with Crippen LogP contribution in [0, 0.1) is 0 Å². The molecule has 0 amide bonds. The fourth-order valence-corrected chi connectivity index (χ4v) is 0.774. The molecule has 1 nitrogen and oxygen atoms in total. The predicted octanol–water partition coefficient (Wildman–Crippen LogP) is -2.21. The molecule has 0 aromatic heterocycles. The van der Waals surface area contributed by atoms with Gasteiger partial charge in [0.2, 0.25) is 0 Å². The molecule has 0 atom stereocenters. The fraction of sp³-hybridized carbons (Fsp3) is 0. The summed E-state index contributed by atoms with van der Waals surface area (Å²) < 4.78 is 0. The Balaban J connectivity index is 3.25. The molecule has 0 bridgehead atoms. The minimum absolute atomic E-state index is 0.884. The van der Waals surface area contributed by atoms with E-state index in [4.69, 9.17) is 5.73 Å². The largest absolute Gasteiger partial charge is 0.399 e. The molecule has 1 rings (SSSR count). The Morgan fingerprint density at radius 2 is 1.89 bits per heavy atom. The van der Waals surface area contributed by atoms with Crippen molar-refractivity contribution >= 4 is 32.3 Å². The quantitative estimate of drug-likeness (QED) is 0.302. The Bertz CT molecular complexity index is 202. The van der Waals surface area contributed by atoms with Crippen LogP contribution in [0.15, 0.2) is 18.2 Å². The molecule has 0 saturated heterocycles. The van der Waals surface area contributed by atoms with Gasteiger partial charge in [0.25, 0.3) is 0 Å². The SMILES string of the molecule is Bc1cccc(N)c1B. The summed E-state index contributed by atoms with van der Waals surface area (Å²) in [7, 11) is 4.09. The lowest BCUT2D eigenvalue weighted by Crippen LogP contribution is -2.27. The molecule has 3 heteroatoms. The molecule has 1 aromatic rings. The number of rotatable bonds is 0. The molecule has 2 N–H and O–H groups in total. The summed E-state index contributed by atoms with van der Waals surface area (Å²) in [4.78, 5) is 0. The lowest BCUT2D eigenvalue weighted by Gasteiger charge is -2.01. The monoisotopic (exact) mass is 117 g/mol. The van der Waals surface area contributed by atoms with Crippen molar-refractivity contribution in [1.82, 2.24) is 0 Å². The van der Waals surface area contributed by atoms with Gasteiger partial charge in [0.15, 0.2) is 0 Å². The highest BCUT2D eigenvalue weighted by Crippen LogP contribution is 1.89. The number of nitrogen functional groups attached to an aromatic ring is 1. The van der Waals surface area contributed by atoms with Crippen molar-refractivity contribution in [2.75, 3.05) is 5.73 Å². The third-order valence-corrected chi connectivity index (χ3v) is 1.65. The highest BCUT2D eigenvalue weighted by atomic mass is 14.5. The first-order chi connectivity index (χ1) is 4.22. The average molecular weight is 117 g/mol. The molecule has 0 spiro atoms. The van der Waals surface area contributed by atoms with Crippen molar-refractivity contribution in [2.45, 2.75) is 0 Å². The molecule has 0 fully saturated rings. The fourth-order valence-electron chi connectivity index (χ4n) is 0.774. The van der Waals surface area contributed by atoms with E-state index >= 15 is 0 Å². The molecule has 0 aliphatic heterocycles. The van der Waals surface area contributed by atoms with E-state index in [1.54, 1.807) is 0 Å². The number of benzene rings is 1. The second-order valence-corrected chi connectivity index (χ2v) is 2.29. The van der Waals surface area contributed by atoms with E-state index in [0.717, 1.165) is 5.69 Å². The zero-order valence-electron chi connectivity index (χ0n) is 5.81. The van der Waals surface area contributed by atoms with E-state index in [9.17, 15) is 0 Å². The van der Waals surface area contributed by atoms with Crippen LogP contribution in [0.25, 0.3) is 0 Å². The second-order valence-electron chi connectivity index (χ2n) is 2.29. The molecular weight excluding hydrogens is 108 g/mol. The van der Waals surface area contributed by atoms with Crippen LogP contribution in [0.2, 0.25) is 0 Å². The predicted molar refractivity (Wildman–Crippen MR) is 47.2 cm³/mol. The Kier molecular flexibility index (Phi) is 1.52. The van der Waals surface area contributed by atoms with Gasteiger partial charge >= 0.3 is 0 Å². The lowest BCUT2D eigenvalue weighted by molar-refractivity contribution is 1.78. The average Bonchev–Trinajstić information content (AvgIpc) is 1.83. The van der Waals surface area contributed by atoms with Crippen molar-refractivity contribution < 1.29 is 0 Å². The van der Waals surface area contributed by atoms with Crippen LogP contribution in [0.4, 0.5) is 5.69 Å². The molecule has 44 valence electrons. The molecule has 1 aromatic carbocycles. The summed E-state index contributed by atoms with van der Waals surface area (Å²) in [5, 5.41) is 0. The number of anilines is 1. The molecule has 0 unspecified atom stereocenters. The number of hydrogen-bond acceptors (Lipinski definition) is 1. The van der Waals surface area contributed by atoms with Gasteiger partial charge in [-0.15, -0.1) is 0 Å². The van der Waals surface area contributed by atoms with Crippen molar-refractivity contribution in [2.24, 2.45) is 0 Å². The molecule has 0 heterocycles. The molecule has 0 saturated carbocycles. The van der Waals surface area contributed by atoms with Crippen molar-refractivity contribution in [3.8, 4) is 0 Å². The van der Waals surface area contributed by atoms with Crippen LogP contribution >= 0.6 is 0 Å². The molecule has 0 aliphatic rings. The summed E-state index contributed by atoms with van der Waals surface area (Å²) in [5.41, 5.74) is 8.96. The van der Waals surface area contributed by atoms with E-state index in [0.29, 0.717) is 0 Å². The topological polar surface area (TPSA) is 26.0 Å². The Hall–Kier alpha value is -0.850. The van der Waals surface area contributed by atoms with Crippen molar-refractivity contribution in [3.63, 3.8) is 0 Å². The zero-order valence-corrected chi connectivity index (χ0v) is 5.81. The van der Waals surface area contributed by atoms with E-state index in [2.05, 4.69) is 13.9 Å². The van der Waals surface area contributed by atoms with E-state index in [-0.39, 0.29) is 0 Å². The van der Waals surface area contributed by atoms with E-state index in [1.165, 1.54) is 10.9 Å². The Morgan fingerprint density at radius 3 is 2.33 bits per heavy atom. The van der Waals surface area contributed by atoms with Gasteiger partial charge < -0.3 is 5.73 Å². The molecular formula is C6H9B2N. The highest BCUT2D eigenvalue weighted by Gasteiger charge is 1.92. The first-order valence-corrected chi connectivity index (χ1v) is 3.03. The van der Waals surface area contributed by atoms with E-state index in [1.807, 2.05) is 20.0 Å². The lowest BCUT2D eigenvalue weighted by atomic mass is 9.80. The van der Waals surface area contributed by atoms with Crippen LogP contribution in [0.1, 0.15) is 0 Å². The summed E-state index contributed by atoms with van der Waals surface area (Å²) >= 11 is 0. The standard InChI is InChI=1S/C6H9B2N/c7-4-2-1-3-5(9)6(4)8/h1-3H,7-9H2. The summed E-state index contributed by atoms with van der Waals surface area (Å²) in [6, 6.07) is 5.95. The van der Waals surface area contributed by atoms with Crippen LogP contribution in [-0.2, 0) is 0 Å². The van der Waals surface area contributed by atoms with Gasteiger partial charge in [-0.1, -0.05) is 23.1 Å². The highest BCUT2D eigenvalue weighted by molar-refractivity contribution is 6.50. The summed E-state index contributed by atoms with van der Waals surface area (Å²) in [6.45, 7) is 0. The first kappa shape index (κ1) is 6.27. The van der Waals surface area contributed by atoms with Crippen LogP contribution in [-0.4, -0.2) is 15.7 Å². The van der Waals surface area contributed by atoms with Gasteiger partial charge in [0.1, 0.15) is 15.7 Å². The third-order valence-electron chi connectivity index (χ3n) is 1.65. The Labute approximate surface area is 57.1 Å². The molecule has 9 heavy (non-hydrogen) atoms. The maximum atomic E-state index is 5.62. The summed E-state index contributed by atoms with van der Waals surface area (Å²) in [5.74, 6) is 0. The minimum Gasteiger partial charge on any atom is -0.399 e. The minimum atomic E-state index is 0.884. The van der Waals surface area contributed by atoms with Crippen molar-refractivity contribution in [3.05, 3.63) is 18.2 Å². The van der Waals surface area contributed by atoms with Gasteiger partial charge in [0.05, 0.1) is 0 Å². The first-order valence-electron chi connectivity index (χ1n) is 3.03. The zero-order chi connectivity index (χ0) is 6.85. The normalized spacial score (nSPS) is 9.33. The van der Waals surface area contributed by atoms with Gasteiger partial charge in [-0.2, -0.15) is 0 Å². The summed E-state index contributed by atoms with van der Waals surface area (Å²) in [6.07, 6.45) is 0. The van der Waals surface area contributed by atoms with Crippen LogP contribution < -0.4 is 16.7 Å². The third kappa shape index (κ3) is 1.10. The molecule has 0 aliphatic carbocycles. The van der Waals surface area contributed by atoms with Gasteiger partial charge in [-0.25, -0.2) is 0 Å². The van der Waals surface area contributed by atoms with Crippen LogP contribution in [0.3, 0.4) is 0 Å². The Morgan fingerprint density at radius 1 is 1.22 bits per heavy atom.